The highest BCUT2D eigenvalue weighted by atomic mass is 19.1. The lowest BCUT2D eigenvalue weighted by Crippen LogP contribution is -2.45. The quantitative estimate of drug-likeness (QED) is 0.278. The van der Waals surface area contributed by atoms with Crippen molar-refractivity contribution >= 4 is 17.3 Å². The monoisotopic (exact) mass is 629 g/mol. The van der Waals surface area contributed by atoms with Crippen LogP contribution < -0.4 is 14.5 Å². The SMILES string of the molecule is [C-]#[N+]C[C@H]1CN(c2nc(OC[C@@H]3CCCN3C)nc3c2CCN(c2cccc(C)c2C)C3)CCC1C(=O)/C=C/CN1CCC(F)C1. The number of nitrogens with zero attached hydrogens (tertiary/aromatic N) is 7. The Bertz CT molecular complexity index is 1470. The number of hydrogen-bond donors (Lipinski definition) is 0. The third kappa shape index (κ3) is 7.21. The molecule has 0 saturated carbocycles. The predicted octanol–water partition coefficient (Wildman–Crippen LogP) is 4.66. The van der Waals surface area contributed by atoms with Crippen LogP contribution in [0.5, 0.6) is 6.01 Å². The number of rotatable bonds is 10. The minimum atomic E-state index is -0.770. The molecular weight excluding hydrogens is 581 g/mol. The van der Waals surface area contributed by atoms with Crippen LogP contribution in [0.2, 0.25) is 0 Å². The summed E-state index contributed by atoms with van der Waals surface area (Å²) in [6.45, 7) is 18.5. The van der Waals surface area contributed by atoms with Crippen molar-refractivity contribution in [2.45, 2.75) is 64.7 Å². The molecule has 1 aromatic heterocycles. The minimum absolute atomic E-state index is 0.0721. The van der Waals surface area contributed by atoms with E-state index in [4.69, 9.17) is 21.3 Å². The van der Waals surface area contributed by atoms with Gasteiger partial charge in [-0.1, -0.05) is 18.2 Å². The van der Waals surface area contributed by atoms with Gasteiger partial charge in [-0.3, -0.25) is 9.69 Å². The molecule has 3 fully saturated rings. The second kappa shape index (κ2) is 14.5. The number of likely N-dealkylation sites (tertiary alicyclic amines) is 2. The molecule has 246 valence electrons. The largest absolute Gasteiger partial charge is 0.462 e. The summed E-state index contributed by atoms with van der Waals surface area (Å²) in [6, 6.07) is 7.24. The Labute approximate surface area is 273 Å². The Morgan fingerprint density at radius 3 is 2.74 bits per heavy atom. The zero-order valence-electron chi connectivity index (χ0n) is 27.6. The number of carbonyl (C=O) groups excluding carboxylic acids is 1. The van der Waals surface area contributed by atoms with Gasteiger partial charge in [0.25, 0.3) is 0 Å². The minimum Gasteiger partial charge on any atom is -0.462 e. The molecule has 0 radical (unpaired) electrons. The summed E-state index contributed by atoms with van der Waals surface area (Å²) in [4.78, 5) is 36.2. The van der Waals surface area contributed by atoms with Gasteiger partial charge in [0.1, 0.15) is 18.6 Å². The summed E-state index contributed by atoms with van der Waals surface area (Å²) in [5, 5.41) is 0. The Morgan fingerprint density at radius 2 is 1.98 bits per heavy atom. The average molecular weight is 630 g/mol. The fraction of sp³-hybridized carbons (Fsp3) is 0.611. The first-order valence-electron chi connectivity index (χ1n) is 17.0. The van der Waals surface area contributed by atoms with E-state index in [1.165, 1.54) is 23.2 Å². The van der Waals surface area contributed by atoms with Crippen LogP contribution >= 0.6 is 0 Å². The molecule has 0 N–H and O–H groups in total. The fourth-order valence-corrected chi connectivity index (χ4v) is 7.65. The molecule has 6 rings (SSSR count). The first-order valence-corrected chi connectivity index (χ1v) is 17.0. The number of aryl methyl sites for hydroxylation is 1. The Morgan fingerprint density at radius 1 is 1.11 bits per heavy atom. The number of hydrogen-bond acceptors (Lipinski definition) is 8. The predicted molar refractivity (Wildman–Crippen MR) is 179 cm³/mol. The van der Waals surface area contributed by atoms with Gasteiger partial charge in [-0.2, -0.15) is 9.97 Å². The topological polar surface area (TPSA) is 69.4 Å². The van der Waals surface area contributed by atoms with Crippen LogP contribution in [0.3, 0.4) is 0 Å². The third-order valence-corrected chi connectivity index (χ3v) is 10.6. The molecule has 0 bridgehead atoms. The number of anilines is 2. The van der Waals surface area contributed by atoms with Gasteiger partial charge in [-0.15, -0.1) is 0 Å². The lowest BCUT2D eigenvalue weighted by atomic mass is 9.82. The summed E-state index contributed by atoms with van der Waals surface area (Å²) in [5.74, 6) is 0.664. The molecule has 5 heterocycles. The lowest BCUT2D eigenvalue weighted by Gasteiger charge is -2.39. The molecule has 4 atom stereocenters. The molecule has 0 spiro atoms. The highest BCUT2D eigenvalue weighted by Gasteiger charge is 2.37. The Hall–Kier alpha value is -3.55. The van der Waals surface area contributed by atoms with Gasteiger partial charge < -0.3 is 24.3 Å². The number of benzene rings is 1. The number of fused-ring (bicyclic) bond motifs is 1. The van der Waals surface area contributed by atoms with Crippen molar-refractivity contribution in [3.8, 4) is 6.01 Å². The number of ketones is 1. The number of likely N-dealkylation sites (N-methyl/N-ethyl adjacent to an activating group) is 1. The van der Waals surface area contributed by atoms with Crippen LogP contribution in [-0.4, -0.2) is 104 Å². The number of aromatic nitrogens is 2. The molecule has 0 aliphatic carbocycles. The fourth-order valence-electron chi connectivity index (χ4n) is 7.65. The van der Waals surface area contributed by atoms with E-state index >= 15 is 0 Å². The maximum Gasteiger partial charge on any atom is 0.318 e. The molecular formula is C36H48FN7O2. The van der Waals surface area contributed by atoms with E-state index in [9.17, 15) is 9.18 Å². The molecule has 2 aromatic rings. The molecule has 1 aromatic carbocycles. The summed E-state index contributed by atoms with van der Waals surface area (Å²) in [5.41, 5.74) is 5.94. The molecule has 3 saturated heterocycles. The number of carbonyl (C=O) groups is 1. The molecule has 4 aliphatic rings. The van der Waals surface area contributed by atoms with Crippen molar-refractivity contribution < 1.29 is 13.9 Å². The molecule has 9 nitrogen and oxygen atoms in total. The van der Waals surface area contributed by atoms with Gasteiger partial charge in [0.15, 0.2) is 5.78 Å². The molecule has 10 heteroatoms. The standard InChI is InChI=1S/C36H48FN7O2/c1-25-8-5-10-33(26(25)2)43-18-14-31-32(23-43)39-36(46-24-29-9-6-15-41(29)4)40-35(31)44-19-13-30(27(21-44)20-38-3)34(45)11-7-16-42-17-12-28(37)22-42/h5,7-8,10-11,27-30H,6,9,12-24H2,1-2,4H3/b11-7+/t27-,28?,29-,30?/m0/s1. The number of ether oxygens (including phenoxy) is 1. The zero-order valence-corrected chi connectivity index (χ0v) is 27.6. The smallest absolute Gasteiger partial charge is 0.318 e. The van der Waals surface area contributed by atoms with E-state index in [0.29, 0.717) is 70.8 Å². The van der Waals surface area contributed by atoms with E-state index < -0.39 is 6.17 Å². The summed E-state index contributed by atoms with van der Waals surface area (Å²) in [6.07, 6.45) is 7.09. The van der Waals surface area contributed by atoms with Crippen LogP contribution in [0.1, 0.15) is 48.1 Å². The average Bonchev–Trinajstić information content (AvgIpc) is 3.67. The van der Waals surface area contributed by atoms with Gasteiger partial charge in [-0.25, -0.2) is 11.0 Å². The van der Waals surface area contributed by atoms with Gasteiger partial charge in [0.05, 0.1) is 18.2 Å². The maximum absolute atomic E-state index is 13.6. The van der Waals surface area contributed by atoms with Crippen LogP contribution in [-0.2, 0) is 17.8 Å². The number of halogens is 1. The van der Waals surface area contributed by atoms with Crippen LogP contribution in [0, 0.1) is 32.3 Å². The normalized spacial score (nSPS) is 25.6. The number of piperidine rings is 1. The summed E-state index contributed by atoms with van der Waals surface area (Å²) < 4.78 is 19.9. The Kier molecular flexibility index (Phi) is 10.2. The highest BCUT2D eigenvalue weighted by Crippen LogP contribution is 2.36. The van der Waals surface area contributed by atoms with Crippen molar-refractivity contribution in [3.63, 3.8) is 0 Å². The third-order valence-electron chi connectivity index (χ3n) is 10.6. The summed E-state index contributed by atoms with van der Waals surface area (Å²) >= 11 is 0. The van der Waals surface area contributed by atoms with E-state index in [2.05, 4.69) is 58.6 Å². The van der Waals surface area contributed by atoms with E-state index in [1.807, 2.05) is 11.0 Å². The van der Waals surface area contributed by atoms with Gasteiger partial charge in [0.2, 0.25) is 6.54 Å². The molecule has 0 amide bonds. The maximum atomic E-state index is 13.6. The Balaban J connectivity index is 1.22. The van der Waals surface area contributed by atoms with Crippen LogP contribution in [0.25, 0.3) is 4.85 Å². The first kappa shape index (κ1) is 32.4. The summed E-state index contributed by atoms with van der Waals surface area (Å²) in [7, 11) is 2.14. The van der Waals surface area contributed by atoms with E-state index in [-0.39, 0.29) is 17.6 Å². The van der Waals surface area contributed by atoms with Crippen molar-refractivity contribution in [1.82, 2.24) is 19.8 Å². The second-order valence-corrected chi connectivity index (χ2v) is 13.6. The van der Waals surface area contributed by atoms with E-state index in [0.717, 1.165) is 49.6 Å². The van der Waals surface area contributed by atoms with Crippen LogP contribution in [0.4, 0.5) is 15.9 Å². The highest BCUT2D eigenvalue weighted by molar-refractivity contribution is 5.92. The van der Waals surface area contributed by atoms with Crippen molar-refractivity contribution in [2.24, 2.45) is 11.8 Å². The van der Waals surface area contributed by atoms with E-state index in [1.54, 1.807) is 6.08 Å². The second-order valence-electron chi connectivity index (χ2n) is 13.6. The molecule has 4 aliphatic heterocycles. The molecule has 46 heavy (non-hydrogen) atoms. The van der Waals surface area contributed by atoms with Crippen molar-refractivity contribution in [3.05, 3.63) is 64.2 Å². The zero-order chi connectivity index (χ0) is 32.2. The molecule has 2 unspecified atom stereocenters. The van der Waals surface area contributed by atoms with Crippen molar-refractivity contribution in [1.29, 1.82) is 0 Å². The van der Waals surface area contributed by atoms with Crippen LogP contribution in [0.15, 0.2) is 30.4 Å². The number of allylic oxidation sites excluding steroid dienone is 1. The first-order chi connectivity index (χ1) is 22.3. The lowest BCUT2D eigenvalue weighted by molar-refractivity contribution is -0.120. The number of alkyl halides is 1. The van der Waals surface area contributed by atoms with Gasteiger partial charge >= 0.3 is 6.01 Å². The van der Waals surface area contributed by atoms with Gasteiger partial charge in [-0.05, 0) is 82.8 Å². The van der Waals surface area contributed by atoms with Gasteiger partial charge in [0, 0.05) is 62.5 Å². The van der Waals surface area contributed by atoms with Crippen molar-refractivity contribution in [2.75, 3.05) is 75.8 Å².